The molecule has 0 N–H and O–H groups in total. The first-order valence-electron chi connectivity index (χ1n) is 6.53. The summed E-state index contributed by atoms with van der Waals surface area (Å²) >= 11 is 0. The summed E-state index contributed by atoms with van der Waals surface area (Å²) < 4.78 is 62.1. The van der Waals surface area contributed by atoms with Gasteiger partial charge in [0.15, 0.2) is 9.84 Å². The van der Waals surface area contributed by atoms with E-state index in [4.69, 9.17) is 0 Å². The van der Waals surface area contributed by atoms with E-state index in [1.165, 1.54) is 6.07 Å². The van der Waals surface area contributed by atoms with Gasteiger partial charge >= 0.3 is 6.18 Å². The maximum absolute atomic E-state index is 12.5. The van der Waals surface area contributed by atoms with Crippen LogP contribution in [-0.2, 0) is 21.8 Å². The Morgan fingerprint density at radius 2 is 1.85 bits per heavy atom. The molecule has 2 rings (SSSR count). The number of sulfone groups is 1. The molecule has 1 aliphatic carbocycles. The molecule has 0 spiro atoms. The molecule has 1 fully saturated rings. The molecule has 0 atom stereocenters. The second kappa shape index (κ2) is 5.71. The van der Waals surface area contributed by atoms with Gasteiger partial charge < -0.3 is 0 Å². The molecular formula is C13H16F3NO2S. The van der Waals surface area contributed by atoms with Crippen LogP contribution in [-0.4, -0.2) is 18.7 Å². The zero-order chi connectivity index (χ0) is 14.8. The molecule has 7 heteroatoms. The van der Waals surface area contributed by atoms with Crippen molar-refractivity contribution in [1.82, 2.24) is 4.98 Å². The summed E-state index contributed by atoms with van der Waals surface area (Å²) in [5.74, 6) is -0.344. The van der Waals surface area contributed by atoms with Crippen LogP contribution in [0, 0.1) is 0 Å². The largest absolute Gasteiger partial charge is 0.433 e. The second-order valence-electron chi connectivity index (χ2n) is 5.11. The van der Waals surface area contributed by atoms with Crippen molar-refractivity contribution >= 4 is 9.84 Å². The van der Waals surface area contributed by atoms with Gasteiger partial charge in [0.25, 0.3) is 0 Å². The Balaban J connectivity index is 2.17. The smallest absolute Gasteiger partial charge is 0.252 e. The fourth-order valence-corrected chi connectivity index (χ4v) is 4.42. The van der Waals surface area contributed by atoms with Gasteiger partial charge in [-0.25, -0.2) is 8.42 Å². The van der Waals surface area contributed by atoms with Crippen molar-refractivity contribution in [2.75, 3.05) is 0 Å². The molecular weight excluding hydrogens is 291 g/mol. The summed E-state index contributed by atoms with van der Waals surface area (Å²) in [6.45, 7) is 0. The van der Waals surface area contributed by atoms with E-state index in [0.717, 1.165) is 31.5 Å². The Labute approximate surface area is 116 Å². The summed E-state index contributed by atoms with van der Waals surface area (Å²) in [5.41, 5.74) is -0.897. The van der Waals surface area contributed by atoms with Crippen molar-refractivity contribution in [3.63, 3.8) is 0 Å². The maximum Gasteiger partial charge on any atom is 0.433 e. The van der Waals surface area contributed by atoms with Crippen molar-refractivity contribution < 1.29 is 21.6 Å². The SMILES string of the molecule is O=S(=O)(Cc1ccnc(C(F)(F)F)c1)C1CCCCC1. The topological polar surface area (TPSA) is 47.0 Å². The molecule has 0 saturated heterocycles. The van der Waals surface area contributed by atoms with E-state index in [2.05, 4.69) is 4.98 Å². The van der Waals surface area contributed by atoms with Crippen LogP contribution in [0.15, 0.2) is 18.3 Å². The molecule has 1 aromatic heterocycles. The molecule has 1 aliphatic rings. The van der Waals surface area contributed by atoms with Crippen LogP contribution in [0.2, 0.25) is 0 Å². The highest BCUT2D eigenvalue weighted by atomic mass is 32.2. The lowest BCUT2D eigenvalue weighted by molar-refractivity contribution is -0.141. The highest BCUT2D eigenvalue weighted by molar-refractivity contribution is 7.91. The lowest BCUT2D eigenvalue weighted by Crippen LogP contribution is -2.25. The predicted molar refractivity (Wildman–Crippen MR) is 68.7 cm³/mol. The number of hydrogen-bond donors (Lipinski definition) is 0. The molecule has 0 aliphatic heterocycles. The van der Waals surface area contributed by atoms with Gasteiger partial charge in [-0.2, -0.15) is 13.2 Å². The second-order valence-corrected chi connectivity index (χ2v) is 7.40. The molecule has 0 bridgehead atoms. The molecule has 1 aromatic rings. The third kappa shape index (κ3) is 3.71. The number of pyridine rings is 1. The van der Waals surface area contributed by atoms with Gasteiger partial charge in [0.05, 0.1) is 11.0 Å². The summed E-state index contributed by atoms with van der Waals surface area (Å²) in [6, 6.07) is 2.15. The molecule has 3 nitrogen and oxygen atoms in total. The summed E-state index contributed by atoms with van der Waals surface area (Å²) in [7, 11) is -3.39. The average Bonchev–Trinajstić information content (AvgIpc) is 2.38. The summed E-state index contributed by atoms with van der Waals surface area (Å²) in [6.07, 6.45) is 0.444. The van der Waals surface area contributed by atoms with Gasteiger partial charge in [-0.3, -0.25) is 4.98 Å². The van der Waals surface area contributed by atoms with Crippen LogP contribution in [0.4, 0.5) is 13.2 Å². The van der Waals surface area contributed by atoms with E-state index in [-0.39, 0.29) is 11.3 Å². The standard InChI is InChI=1S/C13H16F3NO2S/c14-13(15,16)12-8-10(6-7-17-12)9-20(18,19)11-4-2-1-3-5-11/h6-8,11H,1-5,9H2. The first-order valence-corrected chi connectivity index (χ1v) is 8.24. The fraction of sp³-hybridized carbons (Fsp3) is 0.615. The quantitative estimate of drug-likeness (QED) is 0.860. The van der Waals surface area contributed by atoms with Crippen molar-refractivity contribution in [1.29, 1.82) is 0 Å². The Morgan fingerprint density at radius 1 is 1.20 bits per heavy atom. The van der Waals surface area contributed by atoms with Gasteiger partial charge in [0.2, 0.25) is 0 Å². The molecule has 1 heterocycles. The summed E-state index contributed by atoms with van der Waals surface area (Å²) in [4.78, 5) is 3.23. The number of nitrogens with zero attached hydrogens (tertiary/aromatic N) is 1. The molecule has 0 radical (unpaired) electrons. The van der Waals surface area contributed by atoms with E-state index in [1.807, 2.05) is 0 Å². The Kier molecular flexibility index (Phi) is 4.36. The third-order valence-electron chi connectivity index (χ3n) is 3.54. The Bertz CT molecular complexity index is 563. The van der Waals surface area contributed by atoms with Gasteiger partial charge in [-0.05, 0) is 30.5 Å². The molecule has 0 unspecified atom stereocenters. The van der Waals surface area contributed by atoms with Gasteiger partial charge in [0, 0.05) is 6.20 Å². The first kappa shape index (κ1) is 15.3. The highest BCUT2D eigenvalue weighted by Gasteiger charge is 2.33. The van der Waals surface area contributed by atoms with Crippen LogP contribution < -0.4 is 0 Å². The van der Waals surface area contributed by atoms with Crippen molar-refractivity contribution in [3.8, 4) is 0 Å². The average molecular weight is 307 g/mol. The van der Waals surface area contributed by atoms with Gasteiger partial charge in [-0.1, -0.05) is 19.3 Å². The molecule has 0 aromatic carbocycles. The molecule has 112 valence electrons. The highest BCUT2D eigenvalue weighted by Crippen LogP contribution is 2.29. The van der Waals surface area contributed by atoms with Crippen LogP contribution >= 0.6 is 0 Å². The van der Waals surface area contributed by atoms with E-state index in [0.29, 0.717) is 12.8 Å². The minimum Gasteiger partial charge on any atom is -0.252 e. The zero-order valence-corrected chi connectivity index (χ0v) is 11.7. The van der Waals surface area contributed by atoms with Crippen LogP contribution in [0.1, 0.15) is 43.4 Å². The number of hydrogen-bond acceptors (Lipinski definition) is 3. The zero-order valence-electron chi connectivity index (χ0n) is 10.9. The van der Waals surface area contributed by atoms with Gasteiger partial charge in [-0.15, -0.1) is 0 Å². The molecule has 1 saturated carbocycles. The number of alkyl halides is 3. The number of halogens is 3. The van der Waals surface area contributed by atoms with E-state index >= 15 is 0 Å². The van der Waals surface area contributed by atoms with Crippen LogP contribution in [0.5, 0.6) is 0 Å². The van der Waals surface area contributed by atoms with Gasteiger partial charge in [0.1, 0.15) is 5.69 Å². The minimum atomic E-state index is -4.55. The van der Waals surface area contributed by atoms with E-state index in [1.54, 1.807) is 0 Å². The Morgan fingerprint density at radius 3 is 2.45 bits per heavy atom. The van der Waals surface area contributed by atoms with Crippen molar-refractivity contribution in [2.45, 2.75) is 49.3 Å². The normalized spacial score (nSPS) is 18.1. The number of aromatic nitrogens is 1. The lowest BCUT2D eigenvalue weighted by Gasteiger charge is -2.21. The molecule has 20 heavy (non-hydrogen) atoms. The van der Waals surface area contributed by atoms with Crippen molar-refractivity contribution in [2.24, 2.45) is 0 Å². The maximum atomic E-state index is 12.5. The monoisotopic (exact) mass is 307 g/mol. The van der Waals surface area contributed by atoms with E-state index in [9.17, 15) is 21.6 Å². The van der Waals surface area contributed by atoms with Crippen LogP contribution in [0.3, 0.4) is 0 Å². The first-order chi connectivity index (χ1) is 9.29. The Hall–Kier alpha value is -1.11. The minimum absolute atomic E-state index is 0.151. The third-order valence-corrected chi connectivity index (χ3v) is 5.77. The lowest BCUT2D eigenvalue weighted by atomic mass is 10.0. The van der Waals surface area contributed by atoms with Crippen molar-refractivity contribution in [3.05, 3.63) is 29.6 Å². The fourth-order valence-electron chi connectivity index (χ4n) is 2.49. The van der Waals surface area contributed by atoms with Crippen LogP contribution in [0.25, 0.3) is 0 Å². The summed E-state index contributed by atoms with van der Waals surface area (Å²) in [5, 5.41) is -0.418. The van der Waals surface area contributed by atoms with E-state index < -0.39 is 27.0 Å². The molecule has 0 amide bonds. The predicted octanol–water partition coefficient (Wildman–Crippen LogP) is 3.35. The number of rotatable bonds is 3.